The molecule has 5 heteroatoms. The molecule has 5 nitrogen and oxygen atoms in total. The number of nitrogens with zero attached hydrogens (tertiary/aromatic N) is 2. The van der Waals surface area contributed by atoms with E-state index in [1.807, 2.05) is 32.2 Å². The molecule has 0 spiro atoms. The maximum atomic E-state index is 7.35. The lowest BCUT2D eigenvalue weighted by Gasteiger charge is -2.20. The number of ether oxygens (including phenoxy) is 1. The third-order valence-corrected chi connectivity index (χ3v) is 2.54. The van der Waals surface area contributed by atoms with E-state index in [2.05, 4.69) is 9.88 Å². The van der Waals surface area contributed by atoms with E-state index < -0.39 is 0 Å². The average Bonchev–Trinajstić information content (AvgIpc) is 2.28. The molecule has 1 atom stereocenters. The highest BCUT2D eigenvalue weighted by Crippen LogP contribution is 2.09. The van der Waals surface area contributed by atoms with Crippen molar-refractivity contribution in [3.8, 4) is 5.88 Å². The predicted octanol–water partition coefficient (Wildman–Crippen LogP) is 1.09. The molecular formula is C12H20N4O. The van der Waals surface area contributed by atoms with Crippen LogP contribution in [0.4, 0.5) is 0 Å². The van der Waals surface area contributed by atoms with Crippen LogP contribution in [0.3, 0.4) is 0 Å². The van der Waals surface area contributed by atoms with Crippen molar-refractivity contribution in [3.63, 3.8) is 0 Å². The number of pyridine rings is 1. The van der Waals surface area contributed by atoms with Gasteiger partial charge in [-0.3, -0.25) is 10.3 Å². The molecule has 1 heterocycles. The topological polar surface area (TPSA) is 75.2 Å². The Labute approximate surface area is 102 Å². The van der Waals surface area contributed by atoms with Crippen molar-refractivity contribution >= 4 is 5.84 Å². The SMILES string of the molecule is COc1cccc(CN(C)CC(C)C(=N)N)n1. The molecule has 0 bridgehead atoms. The number of aromatic nitrogens is 1. The number of nitrogens with two attached hydrogens (primary N) is 1. The van der Waals surface area contributed by atoms with Gasteiger partial charge in [-0.15, -0.1) is 0 Å². The molecular weight excluding hydrogens is 216 g/mol. The normalized spacial score (nSPS) is 12.5. The van der Waals surface area contributed by atoms with Gasteiger partial charge in [0.15, 0.2) is 0 Å². The summed E-state index contributed by atoms with van der Waals surface area (Å²) in [6, 6.07) is 5.70. The van der Waals surface area contributed by atoms with Crippen LogP contribution in [0.5, 0.6) is 5.88 Å². The van der Waals surface area contributed by atoms with Gasteiger partial charge in [0.2, 0.25) is 5.88 Å². The van der Waals surface area contributed by atoms with Crippen molar-refractivity contribution in [2.75, 3.05) is 20.7 Å². The van der Waals surface area contributed by atoms with Crippen LogP contribution in [-0.2, 0) is 6.54 Å². The van der Waals surface area contributed by atoms with Crippen LogP contribution in [0.25, 0.3) is 0 Å². The Morgan fingerprint density at radius 2 is 2.29 bits per heavy atom. The molecule has 1 aromatic rings. The van der Waals surface area contributed by atoms with Crippen molar-refractivity contribution in [3.05, 3.63) is 23.9 Å². The number of hydrogen-bond acceptors (Lipinski definition) is 4. The molecule has 1 aromatic heterocycles. The number of hydrogen-bond donors (Lipinski definition) is 2. The van der Waals surface area contributed by atoms with Crippen molar-refractivity contribution in [2.45, 2.75) is 13.5 Å². The predicted molar refractivity (Wildman–Crippen MR) is 68.2 cm³/mol. The van der Waals surface area contributed by atoms with E-state index in [4.69, 9.17) is 15.9 Å². The number of rotatable bonds is 6. The Bertz CT molecular complexity index is 381. The van der Waals surface area contributed by atoms with Gasteiger partial charge in [-0.1, -0.05) is 13.0 Å². The lowest BCUT2D eigenvalue weighted by molar-refractivity contribution is 0.300. The van der Waals surface area contributed by atoms with E-state index in [0.29, 0.717) is 5.88 Å². The van der Waals surface area contributed by atoms with E-state index >= 15 is 0 Å². The van der Waals surface area contributed by atoms with E-state index in [1.54, 1.807) is 7.11 Å². The maximum Gasteiger partial charge on any atom is 0.213 e. The molecule has 0 fully saturated rings. The van der Waals surface area contributed by atoms with Crippen LogP contribution in [0, 0.1) is 11.3 Å². The van der Waals surface area contributed by atoms with Crippen LogP contribution in [0.15, 0.2) is 18.2 Å². The molecule has 94 valence electrons. The van der Waals surface area contributed by atoms with E-state index in [1.165, 1.54) is 0 Å². The van der Waals surface area contributed by atoms with Gasteiger partial charge in [-0.2, -0.15) is 0 Å². The number of amidine groups is 1. The first-order valence-corrected chi connectivity index (χ1v) is 5.55. The van der Waals surface area contributed by atoms with Crippen molar-refractivity contribution in [1.82, 2.24) is 9.88 Å². The number of nitrogens with one attached hydrogen (secondary N) is 1. The molecule has 0 radical (unpaired) electrons. The fourth-order valence-electron chi connectivity index (χ4n) is 1.57. The van der Waals surface area contributed by atoms with Crippen LogP contribution in [0.2, 0.25) is 0 Å². The summed E-state index contributed by atoms with van der Waals surface area (Å²) in [5.74, 6) is 0.900. The Hall–Kier alpha value is -1.62. The Kier molecular flexibility index (Phi) is 4.90. The highest BCUT2D eigenvalue weighted by atomic mass is 16.5. The zero-order valence-corrected chi connectivity index (χ0v) is 10.6. The monoisotopic (exact) mass is 236 g/mol. The van der Waals surface area contributed by atoms with Gasteiger partial charge in [0.05, 0.1) is 18.6 Å². The molecule has 0 amide bonds. The number of methoxy groups -OCH3 is 1. The Balaban J connectivity index is 2.55. The van der Waals surface area contributed by atoms with E-state index in [9.17, 15) is 0 Å². The van der Waals surface area contributed by atoms with Gasteiger partial charge in [0.1, 0.15) is 0 Å². The lowest BCUT2D eigenvalue weighted by Crippen LogP contribution is -2.31. The van der Waals surface area contributed by atoms with Crippen molar-refractivity contribution in [1.29, 1.82) is 5.41 Å². The molecule has 0 saturated heterocycles. The van der Waals surface area contributed by atoms with Crippen LogP contribution in [-0.4, -0.2) is 36.4 Å². The molecule has 0 saturated carbocycles. The Morgan fingerprint density at radius 1 is 1.59 bits per heavy atom. The quantitative estimate of drug-likeness (QED) is 0.573. The molecule has 0 aliphatic heterocycles. The molecule has 0 aromatic carbocycles. The third-order valence-electron chi connectivity index (χ3n) is 2.54. The lowest BCUT2D eigenvalue weighted by atomic mass is 10.1. The average molecular weight is 236 g/mol. The van der Waals surface area contributed by atoms with Gasteiger partial charge in [0, 0.05) is 25.1 Å². The van der Waals surface area contributed by atoms with Crippen LogP contribution in [0.1, 0.15) is 12.6 Å². The highest BCUT2D eigenvalue weighted by Gasteiger charge is 2.10. The summed E-state index contributed by atoms with van der Waals surface area (Å²) in [7, 11) is 3.59. The second kappa shape index (κ2) is 6.20. The largest absolute Gasteiger partial charge is 0.481 e. The molecule has 0 aliphatic carbocycles. The van der Waals surface area contributed by atoms with Crippen molar-refractivity contribution < 1.29 is 4.74 Å². The van der Waals surface area contributed by atoms with Gasteiger partial charge < -0.3 is 10.5 Å². The molecule has 3 N–H and O–H groups in total. The first-order chi connectivity index (χ1) is 8.02. The zero-order valence-electron chi connectivity index (χ0n) is 10.6. The second-order valence-electron chi connectivity index (χ2n) is 4.22. The third kappa shape index (κ3) is 4.40. The Morgan fingerprint density at radius 3 is 2.88 bits per heavy atom. The molecule has 17 heavy (non-hydrogen) atoms. The molecule has 1 rings (SSSR count). The first kappa shape index (κ1) is 13.4. The van der Waals surface area contributed by atoms with Gasteiger partial charge in [-0.25, -0.2) is 4.98 Å². The highest BCUT2D eigenvalue weighted by molar-refractivity contribution is 5.79. The standard InChI is InChI=1S/C12H20N4O/c1-9(12(13)14)7-16(2)8-10-5-4-6-11(15-10)17-3/h4-6,9H,7-8H2,1-3H3,(H3,13,14). The summed E-state index contributed by atoms with van der Waals surface area (Å²) in [5, 5.41) is 7.35. The minimum Gasteiger partial charge on any atom is -0.481 e. The minimum absolute atomic E-state index is 0.0607. The summed E-state index contributed by atoms with van der Waals surface area (Å²) >= 11 is 0. The summed E-state index contributed by atoms with van der Waals surface area (Å²) in [4.78, 5) is 6.43. The zero-order chi connectivity index (χ0) is 12.8. The maximum absolute atomic E-state index is 7.35. The fourth-order valence-corrected chi connectivity index (χ4v) is 1.57. The fraction of sp³-hybridized carbons (Fsp3) is 0.500. The molecule has 0 aliphatic rings. The molecule has 1 unspecified atom stereocenters. The van der Waals surface area contributed by atoms with E-state index in [0.717, 1.165) is 18.8 Å². The van der Waals surface area contributed by atoms with Crippen LogP contribution < -0.4 is 10.5 Å². The van der Waals surface area contributed by atoms with E-state index in [-0.39, 0.29) is 11.8 Å². The van der Waals surface area contributed by atoms with Crippen molar-refractivity contribution in [2.24, 2.45) is 11.7 Å². The summed E-state index contributed by atoms with van der Waals surface area (Å²) < 4.78 is 5.07. The summed E-state index contributed by atoms with van der Waals surface area (Å²) in [6.07, 6.45) is 0. The summed E-state index contributed by atoms with van der Waals surface area (Å²) in [6.45, 7) is 3.40. The summed E-state index contributed by atoms with van der Waals surface area (Å²) in [5.41, 5.74) is 6.39. The second-order valence-corrected chi connectivity index (χ2v) is 4.22. The smallest absolute Gasteiger partial charge is 0.213 e. The minimum atomic E-state index is 0.0607. The van der Waals surface area contributed by atoms with Crippen LogP contribution >= 0.6 is 0 Å². The van der Waals surface area contributed by atoms with Gasteiger partial charge in [0.25, 0.3) is 0 Å². The van der Waals surface area contributed by atoms with Gasteiger partial charge in [-0.05, 0) is 13.1 Å². The first-order valence-electron chi connectivity index (χ1n) is 5.55. The van der Waals surface area contributed by atoms with Gasteiger partial charge >= 0.3 is 0 Å².